The lowest BCUT2D eigenvalue weighted by molar-refractivity contribution is -0.145. The van der Waals surface area contributed by atoms with E-state index < -0.39 is 35.1 Å². The van der Waals surface area contributed by atoms with Gasteiger partial charge in [0.05, 0.1) is 6.61 Å². The van der Waals surface area contributed by atoms with Gasteiger partial charge in [-0.2, -0.15) is 0 Å². The van der Waals surface area contributed by atoms with Gasteiger partial charge < -0.3 is 10.1 Å². The molecule has 0 aliphatic rings. The van der Waals surface area contributed by atoms with E-state index in [1.54, 1.807) is 0 Å². The van der Waals surface area contributed by atoms with Crippen LogP contribution in [0.15, 0.2) is 18.2 Å². The van der Waals surface area contributed by atoms with Gasteiger partial charge in [0.2, 0.25) is 0 Å². The van der Waals surface area contributed by atoms with Gasteiger partial charge in [0.25, 0.3) is 5.91 Å². The molecule has 1 atom stereocenters. The van der Waals surface area contributed by atoms with Crippen molar-refractivity contribution in [3.63, 3.8) is 0 Å². The van der Waals surface area contributed by atoms with Crippen LogP contribution in [0.4, 0.5) is 8.78 Å². The van der Waals surface area contributed by atoms with Crippen LogP contribution in [-0.2, 0) is 9.53 Å². The van der Waals surface area contributed by atoms with Gasteiger partial charge in [0, 0.05) is 0 Å². The van der Waals surface area contributed by atoms with Gasteiger partial charge in [-0.1, -0.05) is 77.2 Å². The quantitative estimate of drug-likeness (QED) is 0.287. The van der Waals surface area contributed by atoms with Gasteiger partial charge in [0.1, 0.15) is 23.2 Å². The van der Waals surface area contributed by atoms with E-state index in [2.05, 4.69) is 12.2 Å². The van der Waals surface area contributed by atoms with Gasteiger partial charge in [-0.25, -0.2) is 13.6 Å². The minimum atomic E-state index is -0.978. The number of benzene rings is 1. The maximum Gasteiger partial charge on any atom is 0.328 e. The molecule has 0 radical (unpaired) electrons. The van der Waals surface area contributed by atoms with E-state index in [0.29, 0.717) is 0 Å². The van der Waals surface area contributed by atoms with Gasteiger partial charge in [0.15, 0.2) is 0 Å². The molecule has 0 aliphatic heterocycles. The topological polar surface area (TPSA) is 55.4 Å². The lowest BCUT2D eigenvalue weighted by atomic mass is 10.1. The molecule has 0 bridgehead atoms. The number of amides is 1. The predicted octanol–water partition coefficient (Wildman–Crippen LogP) is 5.94. The van der Waals surface area contributed by atoms with Crippen molar-refractivity contribution in [3.8, 4) is 0 Å². The molecule has 6 heteroatoms. The first-order chi connectivity index (χ1) is 14.0. The first-order valence-electron chi connectivity index (χ1n) is 10.9. The molecule has 1 N–H and O–H groups in total. The molecule has 1 unspecified atom stereocenters. The Bertz CT molecular complexity index is 602. The van der Waals surface area contributed by atoms with E-state index >= 15 is 0 Å². The van der Waals surface area contributed by atoms with Crippen LogP contribution in [0.3, 0.4) is 0 Å². The predicted molar refractivity (Wildman–Crippen MR) is 111 cm³/mol. The van der Waals surface area contributed by atoms with Gasteiger partial charge >= 0.3 is 5.97 Å². The summed E-state index contributed by atoms with van der Waals surface area (Å²) >= 11 is 0. The number of nitrogens with one attached hydrogen (secondary N) is 1. The summed E-state index contributed by atoms with van der Waals surface area (Å²) in [6.07, 6.45) is 13.2. The third-order valence-electron chi connectivity index (χ3n) is 4.88. The van der Waals surface area contributed by atoms with E-state index in [4.69, 9.17) is 4.74 Å². The Labute approximate surface area is 173 Å². The summed E-state index contributed by atoms with van der Waals surface area (Å²) in [6, 6.07) is 2.18. The summed E-state index contributed by atoms with van der Waals surface area (Å²) in [5.74, 6) is -3.52. The molecular weight excluding hydrogens is 376 g/mol. The molecular formula is C23H35F2NO3. The monoisotopic (exact) mass is 411 g/mol. The third-order valence-corrected chi connectivity index (χ3v) is 4.88. The SMILES string of the molecule is CCCCCCCCCCCCCOC(=O)C(C)NC(=O)c1c(F)cccc1F. The zero-order chi connectivity index (χ0) is 21.5. The highest BCUT2D eigenvalue weighted by molar-refractivity contribution is 5.97. The molecule has 0 heterocycles. The molecule has 29 heavy (non-hydrogen) atoms. The molecule has 4 nitrogen and oxygen atoms in total. The van der Waals surface area contributed by atoms with Crippen LogP contribution < -0.4 is 5.32 Å². The maximum absolute atomic E-state index is 13.6. The average Bonchev–Trinajstić information content (AvgIpc) is 2.68. The summed E-state index contributed by atoms with van der Waals surface area (Å²) in [5.41, 5.74) is -0.697. The fraction of sp³-hybridized carbons (Fsp3) is 0.652. The summed E-state index contributed by atoms with van der Waals surface area (Å²) < 4.78 is 32.3. The maximum atomic E-state index is 13.6. The van der Waals surface area contributed by atoms with Crippen molar-refractivity contribution >= 4 is 11.9 Å². The van der Waals surface area contributed by atoms with Crippen LogP contribution in [0.1, 0.15) is 94.8 Å². The molecule has 0 aliphatic carbocycles. The zero-order valence-electron chi connectivity index (χ0n) is 17.8. The fourth-order valence-electron chi connectivity index (χ4n) is 3.11. The van der Waals surface area contributed by atoms with Crippen molar-refractivity contribution in [1.29, 1.82) is 0 Å². The van der Waals surface area contributed by atoms with Crippen molar-refractivity contribution < 1.29 is 23.1 Å². The van der Waals surface area contributed by atoms with Crippen molar-refractivity contribution in [2.75, 3.05) is 6.61 Å². The Morgan fingerprint density at radius 3 is 1.90 bits per heavy atom. The van der Waals surface area contributed by atoms with E-state index in [9.17, 15) is 18.4 Å². The number of hydrogen-bond acceptors (Lipinski definition) is 3. The molecule has 164 valence electrons. The average molecular weight is 412 g/mol. The van der Waals surface area contributed by atoms with Crippen LogP contribution >= 0.6 is 0 Å². The number of hydrogen-bond donors (Lipinski definition) is 1. The van der Waals surface area contributed by atoms with Crippen molar-refractivity contribution in [2.45, 2.75) is 90.5 Å². The number of carbonyl (C=O) groups is 2. The van der Waals surface area contributed by atoms with Crippen LogP contribution in [-0.4, -0.2) is 24.5 Å². The lowest BCUT2D eigenvalue weighted by Gasteiger charge is -2.14. The van der Waals surface area contributed by atoms with Crippen LogP contribution in [0, 0.1) is 11.6 Å². The Morgan fingerprint density at radius 1 is 0.897 bits per heavy atom. The Morgan fingerprint density at radius 2 is 1.38 bits per heavy atom. The summed E-state index contributed by atoms with van der Waals surface area (Å²) in [6.45, 7) is 3.94. The Kier molecular flexibility index (Phi) is 12.9. The standard InChI is InChI=1S/C23H35F2NO3/c1-3-4-5-6-7-8-9-10-11-12-13-17-29-23(28)18(2)26-22(27)21-19(24)15-14-16-20(21)25/h14-16,18H,3-13,17H2,1-2H3,(H,26,27). The van der Waals surface area contributed by atoms with E-state index in [1.807, 2.05) is 0 Å². The summed E-state index contributed by atoms with van der Waals surface area (Å²) in [4.78, 5) is 23.9. The number of ether oxygens (including phenoxy) is 1. The minimum absolute atomic E-state index is 0.282. The molecule has 1 aromatic carbocycles. The summed E-state index contributed by atoms with van der Waals surface area (Å²) in [7, 11) is 0. The lowest BCUT2D eigenvalue weighted by Crippen LogP contribution is -2.40. The van der Waals surface area contributed by atoms with Gasteiger partial charge in [-0.05, 0) is 25.5 Å². The second-order valence-corrected chi connectivity index (χ2v) is 7.49. The zero-order valence-corrected chi connectivity index (χ0v) is 17.8. The first-order valence-corrected chi connectivity index (χ1v) is 10.9. The second kappa shape index (κ2) is 14.9. The number of halogens is 2. The third kappa shape index (κ3) is 10.4. The number of carbonyl (C=O) groups excluding carboxylic acids is 2. The molecule has 1 rings (SSSR count). The smallest absolute Gasteiger partial charge is 0.328 e. The largest absolute Gasteiger partial charge is 0.464 e. The highest BCUT2D eigenvalue weighted by atomic mass is 19.1. The van der Waals surface area contributed by atoms with Gasteiger partial charge in [-0.3, -0.25) is 4.79 Å². The van der Waals surface area contributed by atoms with Crippen LogP contribution in [0.2, 0.25) is 0 Å². The van der Waals surface area contributed by atoms with Crippen LogP contribution in [0.25, 0.3) is 0 Å². The Balaban J connectivity index is 2.10. The molecule has 0 aromatic heterocycles. The molecule has 0 spiro atoms. The first kappa shape index (κ1) is 25.1. The molecule has 0 saturated heterocycles. The molecule has 1 amide bonds. The van der Waals surface area contributed by atoms with Crippen LogP contribution in [0.5, 0.6) is 0 Å². The normalized spacial score (nSPS) is 11.9. The highest BCUT2D eigenvalue weighted by Gasteiger charge is 2.22. The summed E-state index contributed by atoms with van der Waals surface area (Å²) in [5, 5.41) is 2.28. The van der Waals surface area contributed by atoms with Gasteiger partial charge in [-0.15, -0.1) is 0 Å². The minimum Gasteiger partial charge on any atom is -0.464 e. The fourth-order valence-corrected chi connectivity index (χ4v) is 3.11. The molecule has 0 saturated carbocycles. The Hall–Kier alpha value is -1.98. The number of rotatable bonds is 15. The van der Waals surface area contributed by atoms with Crippen molar-refractivity contribution in [1.82, 2.24) is 5.32 Å². The number of unbranched alkanes of at least 4 members (excludes halogenated alkanes) is 10. The van der Waals surface area contributed by atoms with Crippen molar-refractivity contribution in [3.05, 3.63) is 35.4 Å². The highest BCUT2D eigenvalue weighted by Crippen LogP contribution is 2.13. The van der Waals surface area contributed by atoms with E-state index in [-0.39, 0.29) is 6.61 Å². The molecule has 0 fully saturated rings. The molecule has 1 aromatic rings. The van der Waals surface area contributed by atoms with E-state index in [0.717, 1.165) is 31.4 Å². The number of esters is 1. The van der Waals surface area contributed by atoms with Crippen molar-refractivity contribution in [2.24, 2.45) is 0 Å². The van der Waals surface area contributed by atoms with E-state index in [1.165, 1.54) is 64.4 Å². The second-order valence-electron chi connectivity index (χ2n) is 7.49.